The van der Waals surface area contributed by atoms with Crippen LogP contribution in [-0.4, -0.2) is 0 Å². The molecule has 3 aliphatic heterocycles. The second kappa shape index (κ2) is 3.44. The molecule has 3 aliphatic rings. The van der Waals surface area contributed by atoms with Gasteiger partial charge in [-0.1, -0.05) is 0 Å². The molecule has 9 heteroatoms. The Morgan fingerprint density at radius 2 is 1.42 bits per heavy atom. The zero-order valence-electron chi connectivity index (χ0n) is 11.9. The fourth-order valence-corrected chi connectivity index (χ4v) is 7.70. The summed E-state index contributed by atoms with van der Waals surface area (Å²) in [5.41, 5.74) is 0.636. The topological polar surface area (TPSA) is 59.3 Å². The van der Waals surface area contributed by atoms with Gasteiger partial charge in [0.1, 0.15) is 0 Å². The molecule has 1 fully saturated rings. The van der Waals surface area contributed by atoms with Crippen LogP contribution in [0.4, 0.5) is 0 Å². The molecule has 0 saturated carbocycles. The number of aromatic nitrogens is 1. The third-order valence-corrected chi connectivity index (χ3v) is 8.45. The van der Waals surface area contributed by atoms with Gasteiger partial charge in [0.2, 0.25) is 0 Å². The molecule has 0 unspecified atom stereocenters. The first-order valence-corrected chi connectivity index (χ1v) is 9.78. The van der Waals surface area contributed by atoms with Gasteiger partial charge in [0.25, 0.3) is 0 Å². The number of hydrogen-bond donors (Lipinski definition) is 0. The van der Waals surface area contributed by atoms with E-state index in [4.69, 9.17) is 34.5 Å². The molecule has 0 bridgehead atoms. The van der Waals surface area contributed by atoms with Crippen molar-refractivity contribution in [3.05, 3.63) is 59.8 Å². The van der Waals surface area contributed by atoms with Gasteiger partial charge < -0.3 is 0 Å². The Morgan fingerprint density at radius 1 is 0.750 bits per heavy atom. The van der Waals surface area contributed by atoms with Crippen molar-refractivity contribution in [1.82, 2.24) is 0 Å². The van der Waals surface area contributed by atoms with E-state index in [0.29, 0.717) is 22.8 Å². The van der Waals surface area contributed by atoms with Gasteiger partial charge in [0.05, 0.1) is 0 Å². The summed E-state index contributed by atoms with van der Waals surface area (Å²) in [7, 11) is -5.44. The Hall–Kier alpha value is -2.15. The van der Waals surface area contributed by atoms with Crippen LogP contribution in [0, 0.1) is 0 Å². The standard InChI is InChI=1S/C15H9ClNO6P/c16-14-9-8-10-4-3-7-13-15(10)17(14)24(20-13,22-21-23-24)18-11-5-1-2-6-12(11)19-24/h1-9H. The predicted molar refractivity (Wildman–Crippen MR) is 83.1 cm³/mol. The van der Waals surface area contributed by atoms with Crippen molar-refractivity contribution < 1.29 is 32.3 Å². The van der Waals surface area contributed by atoms with E-state index in [1.807, 2.05) is 18.2 Å². The van der Waals surface area contributed by atoms with E-state index in [-0.39, 0.29) is 5.15 Å². The van der Waals surface area contributed by atoms with Crippen LogP contribution in [0.25, 0.3) is 10.9 Å². The van der Waals surface area contributed by atoms with Crippen LogP contribution in [0.3, 0.4) is 0 Å². The van der Waals surface area contributed by atoms with Crippen molar-refractivity contribution >= 4 is 29.7 Å². The molecule has 0 amide bonds. The third kappa shape index (κ3) is 1.13. The molecular formula is C15H9ClNO6P. The average molecular weight is 366 g/mol. The summed E-state index contributed by atoms with van der Waals surface area (Å²) in [6.45, 7) is 0. The fourth-order valence-electron chi connectivity index (χ4n) is 3.39. The Labute approximate surface area is 139 Å². The molecule has 0 atom stereocenters. The van der Waals surface area contributed by atoms with Crippen LogP contribution in [0.2, 0.25) is 5.15 Å². The summed E-state index contributed by atoms with van der Waals surface area (Å²) in [6, 6.07) is 16.1. The van der Waals surface area contributed by atoms with Gasteiger partial charge in [-0.2, -0.15) is 0 Å². The first-order valence-electron chi connectivity index (χ1n) is 7.18. The molecule has 3 aromatic rings. The molecule has 1 saturated heterocycles. The van der Waals surface area contributed by atoms with Crippen LogP contribution < -0.4 is 17.9 Å². The summed E-state index contributed by atoms with van der Waals surface area (Å²) >= 11 is 6.48. The van der Waals surface area contributed by atoms with E-state index in [0.717, 1.165) is 5.39 Å². The summed E-state index contributed by atoms with van der Waals surface area (Å²) in [5, 5.41) is 5.76. The minimum atomic E-state index is -5.44. The summed E-state index contributed by atoms with van der Waals surface area (Å²) < 4.78 is 30.8. The third-order valence-electron chi connectivity index (χ3n) is 4.34. The number of para-hydroxylation sites is 3. The molecule has 2 aromatic carbocycles. The van der Waals surface area contributed by atoms with Crippen molar-refractivity contribution in [3.8, 4) is 17.2 Å². The zero-order chi connectivity index (χ0) is 16.1. The van der Waals surface area contributed by atoms with Gasteiger partial charge in [-0.3, -0.25) is 0 Å². The van der Waals surface area contributed by atoms with Gasteiger partial charge in [-0.25, -0.2) is 0 Å². The first-order chi connectivity index (χ1) is 11.6. The molecule has 4 heterocycles. The van der Waals surface area contributed by atoms with Crippen LogP contribution in [-0.2, 0) is 14.4 Å². The van der Waals surface area contributed by atoms with E-state index >= 15 is 0 Å². The summed E-state index contributed by atoms with van der Waals surface area (Å²) in [5.74, 6) is 1.27. The van der Waals surface area contributed by atoms with Gasteiger partial charge in [-0.15, -0.1) is 0 Å². The van der Waals surface area contributed by atoms with Gasteiger partial charge in [-0.05, 0) is 0 Å². The number of nitrogens with zero attached hydrogens (tertiary/aromatic N) is 1. The van der Waals surface area contributed by atoms with E-state index in [1.54, 1.807) is 36.4 Å². The molecule has 24 heavy (non-hydrogen) atoms. The predicted octanol–water partition coefficient (Wildman–Crippen LogP) is 3.97. The van der Waals surface area contributed by atoms with Crippen LogP contribution in [0.1, 0.15) is 0 Å². The number of benzene rings is 2. The minimum absolute atomic E-state index is 0.263. The molecule has 0 N–H and O–H groups in total. The molecule has 0 radical (unpaired) electrons. The Bertz CT molecular complexity index is 1070. The number of halogens is 1. The number of hydrogen-bond acceptors (Lipinski definition) is 6. The van der Waals surface area contributed by atoms with E-state index in [2.05, 4.69) is 5.04 Å². The maximum atomic E-state index is 6.48. The van der Waals surface area contributed by atoms with Gasteiger partial charge >= 0.3 is 139 Å². The summed E-state index contributed by atoms with van der Waals surface area (Å²) in [6.07, 6.45) is 0. The van der Waals surface area contributed by atoms with Crippen molar-refractivity contribution in [1.29, 1.82) is 0 Å². The van der Waals surface area contributed by atoms with E-state index < -0.39 is 7.23 Å². The number of fused-ring (bicyclic) bond motifs is 1. The zero-order valence-corrected chi connectivity index (χ0v) is 13.6. The fraction of sp³-hybridized carbons (Fsp3) is 0. The number of rotatable bonds is 0. The van der Waals surface area contributed by atoms with Crippen LogP contribution >= 0.6 is 18.8 Å². The summed E-state index contributed by atoms with van der Waals surface area (Å²) in [4.78, 5) is 0. The maximum absolute atomic E-state index is 6.48. The molecule has 122 valence electrons. The Kier molecular flexibility index (Phi) is 1.89. The second-order valence-corrected chi connectivity index (χ2v) is 9.69. The molecule has 0 aliphatic carbocycles. The van der Waals surface area contributed by atoms with Crippen molar-refractivity contribution in [2.45, 2.75) is 0 Å². The molecule has 7 nitrogen and oxygen atoms in total. The van der Waals surface area contributed by atoms with Gasteiger partial charge in [0, 0.05) is 0 Å². The average Bonchev–Trinajstić information content (AvgIpc) is 3.03. The van der Waals surface area contributed by atoms with Crippen molar-refractivity contribution in [2.24, 2.45) is 0 Å². The monoisotopic (exact) mass is 365 g/mol. The molecule has 6 rings (SSSR count). The van der Waals surface area contributed by atoms with Crippen LogP contribution in [0.5, 0.6) is 17.2 Å². The normalized spacial score (nSPS) is 25.4. The van der Waals surface area contributed by atoms with E-state index in [1.165, 1.54) is 4.34 Å². The Balaban J connectivity index is 1.79. The number of pyridine rings is 1. The SMILES string of the molecule is Clc1ccc2cccc3c2[n+]1[P-]12(OOO1)(Oc1ccccc1O2)O3. The Morgan fingerprint density at radius 3 is 2.08 bits per heavy atom. The van der Waals surface area contributed by atoms with E-state index in [9.17, 15) is 0 Å². The first kappa shape index (κ1) is 13.2. The molecule has 1 spiro atoms. The van der Waals surface area contributed by atoms with Crippen molar-refractivity contribution in [3.63, 3.8) is 0 Å². The quantitative estimate of drug-likeness (QED) is 0.341. The van der Waals surface area contributed by atoms with Crippen LogP contribution in [0.15, 0.2) is 54.6 Å². The second-order valence-electron chi connectivity index (χ2n) is 5.75. The van der Waals surface area contributed by atoms with Crippen molar-refractivity contribution in [2.75, 3.05) is 0 Å². The van der Waals surface area contributed by atoms with Gasteiger partial charge in [0.15, 0.2) is 0 Å². The molecular weight excluding hydrogens is 357 g/mol. The molecule has 1 aromatic heterocycles.